The van der Waals surface area contributed by atoms with E-state index in [4.69, 9.17) is 9.47 Å². The lowest BCUT2D eigenvalue weighted by Crippen LogP contribution is -2.59. The van der Waals surface area contributed by atoms with Gasteiger partial charge in [0, 0.05) is 12.7 Å². The van der Waals surface area contributed by atoms with Crippen molar-refractivity contribution in [2.45, 2.75) is 32.6 Å². The van der Waals surface area contributed by atoms with Gasteiger partial charge in [-0.3, -0.25) is 9.69 Å². The van der Waals surface area contributed by atoms with Gasteiger partial charge in [-0.25, -0.2) is 0 Å². The molecule has 0 aromatic heterocycles. The molecule has 0 fully saturated rings. The van der Waals surface area contributed by atoms with E-state index in [1.807, 2.05) is 38.1 Å². The molecule has 1 aliphatic rings. The van der Waals surface area contributed by atoms with Crippen molar-refractivity contribution in [3.63, 3.8) is 0 Å². The number of nitrogens with zero attached hydrogens (tertiary/aromatic N) is 1. The quantitative estimate of drug-likeness (QED) is 0.768. The van der Waals surface area contributed by atoms with Crippen LogP contribution in [0.5, 0.6) is 5.75 Å². The smallest absolute Gasteiger partial charge is 0.255 e. The molecule has 1 aromatic rings. The molecule has 102 valence electrons. The van der Waals surface area contributed by atoms with Crippen LogP contribution in [0.2, 0.25) is 0 Å². The fourth-order valence-electron chi connectivity index (χ4n) is 2.32. The van der Waals surface area contributed by atoms with Crippen molar-refractivity contribution in [2.75, 3.05) is 12.0 Å². The number of hydrogen-bond donors (Lipinski definition) is 0. The highest BCUT2D eigenvalue weighted by atomic mass is 16.6. The largest absolute Gasteiger partial charge is 0.481 e. The van der Waals surface area contributed by atoms with E-state index in [1.165, 1.54) is 0 Å². The Balaban J connectivity index is 2.58. The maximum atomic E-state index is 12.4. The number of hydrogen-bond acceptors (Lipinski definition) is 3. The molecular formula is C15H19NO3. The predicted molar refractivity (Wildman–Crippen MR) is 74.2 cm³/mol. The van der Waals surface area contributed by atoms with Crippen LogP contribution < -0.4 is 9.64 Å². The highest BCUT2D eigenvalue weighted by Gasteiger charge is 2.44. The molecule has 0 bridgehead atoms. The molecule has 0 saturated carbocycles. The van der Waals surface area contributed by atoms with E-state index in [1.54, 1.807) is 18.9 Å². The lowest BCUT2D eigenvalue weighted by molar-refractivity contribution is -0.124. The number of amides is 1. The number of carbonyl (C=O) groups excluding carboxylic acids is 1. The second-order valence-corrected chi connectivity index (χ2v) is 5.22. The third-order valence-corrected chi connectivity index (χ3v) is 3.13. The van der Waals surface area contributed by atoms with Gasteiger partial charge < -0.3 is 9.47 Å². The van der Waals surface area contributed by atoms with Crippen molar-refractivity contribution >= 4 is 11.6 Å². The number of ether oxygens (including phenoxy) is 2. The minimum Gasteiger partial charge on any atom is -0.481 e. The van der Waals surface area contributed by atoms with E-state index in [0.717, 1.165) is 0 Å². The number of carbonyl (C=O) groups is 1. The van der Waals surface area contributed by atoms with Gasteiger partial charge in [-0.15, -0.1) is 0 Å². The van der Waals surface area contributed by atoms with Gasteiger partial charge in [-0.1, -0.05) is 18.7 Å². The summed E-state index contributed by atoms with van der Waals surface area (Å²) >= 11 is 0. The molecule has 4 nitrogen and oxygen atoms in total. The van der Waals surface area contributed by atoms with Gasteiger partial charge in [0.25, 0.3) is 5.91 Å². The molecule has 1 aliphatic heterocycles. The maximum Gasteiger partial charge on any atom is 0.255 e. The predicted octanol–water partition coefficient (Wildman–Crippen LogP) is 2.74. The van der Waals surface area contributed by atoms with Crippen molar-refractivity contribution in [3.8, 4) is 5.75 Å². The van der Waals surface area contributed by atoms with Crippen LogP contribution in [-0.4, -0.2) is 24.8 Å². The van der Waals surface area contributed by atoms with E-state index in [0.29, 0.717) is 17.0 Å². The van der Waals surface area contributed by atoms with Crippen LogP contribution in [0.4, 0.5) is 5.69 Å². The number of para-hydroxylation sites is 2. The molecular weight excluding hydrogens is 242 g/mol. The molecule has 1 unspecified atom stereocenters. The first-order chi connectivity index (χ1) is 8.88. The van der Waals surface area contributed by atoms with Crippen LogP contribution in [0, 0.1) is 0 Å². The summed E-state index contributed by atoms with van der Waals surface area (Å²) in [4.78, 5) is 14.0. The zero-order valence-corrected chi connectivity index (χ0v) is 11.8. The Morgan fingerprint density at radius 2 is 2.05 bits per heavy atom. The van der Waals surface area contributed by atoms with Gasteiger partial charge >= 0.3 is 0 Å². The van der Waals surface area contributed by atoms with Gasteiger partial charge in [0.15, 0.2) is 6.23 Å². The van der Waals surface area contributed by atoms with Gasteiger partial charge in [0.2, 0.25) is 0 Å². The maximum absolute atomic E-state index is 12.4. The number of rotatable bonds is 2. The number of methoxy groups -OCH3 is 1. The van der Waals surface area contributed by atoms with Crippen molar-refractivity contribution in [1.82, 2.24) is 0 Å². The molecule has 0 radical (unpaired) electrons. The van der Waals surface area contributed by atoms with E-state index in [9.17, 15) is 4.79 Å². The summed E-state index contributed by atoms with van der Waals surface area (Å²) in [7, 11) is 1.57. The lowest BCUT2D eigenvalue weighted by Gasteiger charge is -2.45. The van der Waals surface area contributed by atoms with Crippen molar-refractivity contribution in [3.05, 3.63) is 36.4 Å². The molecule has 0 aliphatic carbocycles. The van der Waals surface area contributed by atoms with Gasteiger partial charge in [-0.05, 0) is 32.9 Å². The standard InChI is InChI=1S/C15H19NO3/c1-10(2)13(17)16-11-8-6-7-9-12(11)19-15(3,4)14(16)18-5/h6-9,14H,1H2,2-5H3. The molecule has 1 amide bonds. The molecule has 0 spiro atoms. The van der Waals surface area contributed by atoms with Crippen LogP contribution in [0.15, 0.2) is 36.4 Å². The summed E-state index contributed by atoms with van der Waals surface area (Å²) < 4.78 is 11.4. The summed E-state index contributed by atoms with van der Waals surface area (Å²) in [5.41, 5.74) is 0.546. The monoisotopic (exact) mass is 261 g/mol. The van der Waals surface area contributed by atoms with Crippen LogP contribution >= 0.6 is 0 Å². The van der Waals surface area contributed by atoms with Crippen molar-refractivity contribution in [2.24, 2.45) is 0 Å². The van der Waals surface area contributed by atoms with Crippen molar-refractivity contribution in [1.29, 1.82) is 0 Å². The number of fused-ring (bicyclic) bond motifs is 1. The summed E-state index contributed by atoms with van der Waals surface area (Å²) in [5, 5.41) is 0. The normalized spacial score (nSPS) is 20.4. The molecule has 1 aromatic carbocycles. The third kappa shape index (κ3) is 2.24. The highest BCUT2D eigenvalue weighted by molar-refractivity contribution is 6.06. The Morgan fingerprint density at radius 3 is 2.63 bits per heavy atom. The zero-order chi connectivity index (χ0) is 14.2. The van der Waals surface area contributed by atoms with E-state index >= 15 is 0 Å². The van der Waals surface area contributed by atoms with Gasteiger partial charge in [-0.2, -0.15) is 0 Å². The molecule has 0 saturated heterocycles. The molecule has 1 atom stereocenters. The third-order valence-electron chi connectivity index (χ3n) is 3.13. The first-order valence-electron chi connectivity index (χ1n) is 6.18. The molecule has 1 heterocycles. The summed E-state index contributed by atoms with van der Waals surface area (Å²) in [6.07, 6.45) is -0.494. The van der Waals surface area contributed by atoms with Crippen LogP contribution in [0.1, 0.15) is 20.8 Å². The molecule has 4 heteroatoms. The minimum absolute atomic E-state index is 0.157. The Kier molecular flexibility index (Phi) is 3.37. The zero-order valence-electron chi connectivity index (χ0n) is 11.8. The lowest BCUT2D eigenvalue weighted by atomic mass is 10.0. The van der Waals surface area contributed by atoms with E-state index in [2.05, 4.69) is 6.58 Å². The first-order valence-corrected chi connectivity index (χ1v) is 6.18. The fourth-order valence-corrected chi connectivity index (χ4v) is 2.32. The SMILES string of the molecule is C=C(C)C(=O)N1c2ccccc2OC(C)(C)C1OC. The highest BCUT2D eigenvalue weighted by Crippen LogP contribution is 2.41. The Labute approximate surface area is 113 Å². The Bertz CT molecular complexity index is 522. The van der Waals surface area contributed by atoms with E-state index < -0.39 is 11.8 Å². The van der Waals surface area contributed by atoms with Crippen LogP contribution in [0.25, 0.3) is 0 Å². The summed E-state index contributed by atoms with van der Waals surface area (Å²) in [6, 6.07) is 7.44. The summed E-state index contributed by atoms with van der Waals surface area (Å²) in [6.45, 7) is 9.22. The van der Waals surface area contributed by atoms with Crippen LogP contribution in [-0.2, 0) is 9.53 Å². The van der Waals surface area contributed by atoms with E-state index in [-0.39, 0.29) is 5.91 Å². The minimum atomic E-state index is -0.631. The Morgan fingerprint density at radius 1 is 1.42 bits per heavy atom. The van der Waals surface area contributed by atoms with Gasteiger partial charge in [0.1, 0.15) is 11.4 Å². The average molecular weight is 261 g/mol. The molecule has 19 heavy (non-hydrogen) atoms. The first kappa shape index (κ1) is 13.6. The average Bonchev–Trinajstić information content (AvgIpc) is 2.35. The van der Waals surface area contributed by atoms with Crippen molar-refractivity contribution < 1.29 is 14.3 Å². The number of benzene rings is 1. The molecule has 0 N–H and O–H groups in total. The Hall–Kier alpha value is -1.81. The van der Waals surface area contributed by atoms with Crippen LogP contribution in [0.3, 0.4) is 0 Å². The molecule has 2 rings (SSSR count). The summed E-state index contributed by atoms with van der Waals surface area (Å²) in [5.74, 6) is 0.520. The number of anilines is 1. The topological polar surface area (TPSA) is 38.8 Å². The second kappa shape index (κ2) is 4.70. The fraction of sp³-hybridized carbons (Fsp3) is 0.400. The van der Waals surface area contributed by atoms with Gasteiger partial charge in [0.05, 0.1) is 5.69 Å². The second-order valence-electron chi connectivity index (χ2n) is 5.22.